The summed E-state index contributed by atoms with van der Waals surface area (Å²) >= 11 is 0. The summed E-state index contributed by atoms with van der Waals surface area (Å²) in [4.78, 5) is 4.16. The summed E-state index contributed by atoms with van der Waals surface area (Å²) in [6.07, 6.45) is 7.31. The first-order valence-corrected chi connectivity index (χ1v) is 6.43. The minimum absolute atomic E-state index is 0.566. The van der Waals surface area contributed by atoms with Crippen LogP contribution in [0.1, 0.15) is 33.6 Å². The first-order valence-electron chi connectivity index (χ1n) is 6.43. The van der Waals surface area contributed by atoms with Gasteiger partial charge in [0, 0.05) is 6.21 Å². The molecule has 0 fully saturated rings. The molecule has 0 bridgehead atoms. The highest BCUT2D eigenvalue weighted by atomic mass is 16.5. The molecule has 0 aliphatic rings. The van der Waals surface area contributed by atoms with Gasteiger partial charge in [-0.05, 0) is 29.7 Å². The predicted octanol–water partition coefficient (Wildman–Crippen LogP) is 5.23. The first-order chi connectivity index (χ1) is 8.92. The maximum atomic E-state index is 4.89. The van der Waals surface area contributed by atoms with Crippen molar-refractivity contribution in [2.45, 2.75) is 33.6 Å². The molecule has 2 heteroatoms. The summed E-state index contributed by atoms with van der Waals surface area (Å²) in [5.41, 5.74) is 2.28. The fourth-order valence-corrected chi connectivity index (χ4v) is 0.701. The third kappa shape index (κ3) is 12.4. The van der Waals surface area contributed by atoms with E-state index in [1.807, 2.05) is 6.92 Å². The number of rotatable bonds is 7. The van der Waals surface area contributed by atoms with Gasteiger partial charge in [-0.3, -0.25) is 4.99 Å². The van der Waals surface area contributed by atoms with Gasteiger partial charge in [0.15, 0.2) is 0 Å². The van der Waals surface area contributed by atoms with Gasteiger partial charge in [-0.1, -0.05) is 53.5 Å². The van der Waals surface area contributed by atoms with Crippen LogP contribution in [0.25, 0.3) is 0 Å². The van der Waals surface area contributed by atoms with Crippen LogP contribution in [0.5, 0.6) is 0 Å². The molecule has 2 nitrogen and oxygen atoms in total. The quantitative estimate of drug-likeness (QED) is 0.349. The molecule has 106 valence electrons. The molecule has 0 radical (unpaired) electrons. The van der Waals surface area contributed by atoms with Crippen molar-refractivity contribution >= 4 is 6.21 Å². The second-order valence-electron chi connectivity index (χ2n) is 3.95. The second-order valence-corrected chi connectivity index (χ2v) is 3.95. The number of hydrogen-bond acceptors (Lipinski definition) is 2. The third-order valence-corrected chi connectivity index (χ3v) is 1.96. The Morgan fingerprint density at radius 3 is 2.00 bits per heavy atom. The van der Waals surface area contributed by atoms with Crippen molar-refractivity contribution in [3.05, 3.63) is 61.1 Å². The van der Waals surface area contributed by atoms with Gasteiger partial charge in [0.25, 0.3) is 0 Å². The van der Waals surface area contributed by atoms with Gasteiger partial charge in [0.05, 0.1) is 12.8 Å². The van der Waals surface area contributed by atoms with Crippen molar-refractivity contribution in [1.29, 1.82) is 0 Å². The zero-order valence-corrected chi connectivity index (χ0v) is 12.8. The smallest absolute Gasteiger partial charge is 0.111 e. The number of nitrogens with zero attached hydrogens (tertiary/aromatic N) is 1. The largest absolute Gasteiger partial charge is 0.497 e. The van der Waals surface area contributed by atoms with E-state index < -0.39 is 0 Å². The van der Waals surface area contributed by atoms with E-state index in [-0.39, 0.29) is 0 Å². The van der Waals surface area contributed by atoms with E-state index in [1.54, 1.807) is 25.5 Å². The fourth-order valence-electron chi connectivity index (χ4n) is 0.701. The molecule has 0 N–H and O–H groups in total. The van der Waals surface area contributed by atoms with E-state index >= 15 is 0 Å². The Kier molecular flexibility index (Phi) is 13.0. The maximum absolute atomic E-state index is 4.89. The molecule has 0 aromatic carbocycles. The van der Waals surface area contributed by atoms with Crippen LogP contribution in [0.4, 0.5) is 0 Å². The van der Waals surface area contributed by atoms with E-state index in [0.29, 0.717) is 11.5 Å². The first kappa shape index (κ1) is 19.5. The topological polar surface area (TPSA) is 21.6 Å². The van der Waals surface area contributed by atoms with Gasteiger partial charge in [-0.25, -0.2) is 0 Å². The summed E-state index contributed by atoms with van der Waals surface area (Å²) in [7, 11) is 1.56. The molecule has 0 aliphatic heterocycles. The van der Waals surface area contributed by atoms with Gasteiger partial charge in [-0.15, -0.1) is 0 Å². The minimum atomic E-state index is 0.566. The van der Waals surface area contributed by atoms with Crippen LogP contribution in [0.2, 0.25) is 0 Å². The number of allylic oxidation sites excluding steroid dienone is 3. The Balaban J connectivity index is 0. The lowest BCUT2D eigenvalue weighted by atomic mass is 10.2. The lowest BCUT2D eigenvalue weighted by Gasteiger charge is -2.00. The van der Waals surface area contributed by atoms with Crippen molar-refractivity contribution in [3.63, 3.8) is 0 Å². The molecule has 0 atom stereocenters. The van der Waals surface area contributed by atoms with E-state index in [0.717, 1.165) is 17.6 Å². The molecule has 0 amide bonds. The van der Waals surface area contributed by atoms with Gasteiger partial charge in [0.1, 0.15) is 5.76 Å². The van der Waals surface area contributed by atoms with Crippen LogP contribution in [0.3, 0.4) is 0 Å². The summed E-state index contributed by atoms with van der Waals surface area (Å²) in [6.45, 7) is 21.4. The molecule has 0 unspecified atom stereocenters. The maximum Gasteiger partial charge on any atom is 0.111 e. The molecular weight excluding hydrogens is 234 g/mol. The lowest BCUT2D eigenvalue weighted by Crippen LogP contribution is -1.84. The average Bonchev–Trinajstić information content (AvgIpc) is 2.41. The SMILES string of the molecule is C=C(C=NC(=C)C(=C)/C=C\C(=C)OC)CC.CCC. The van der Waals surface area contributed by atoms with Crippen LogP contribution in [0, 0.1) is 0 Å². The zero-order chi connectivity index (χ0) is 15.3. The van der Waals surface area contributed by atoms with E-state index in [4.69, 9.17) is 4.74 Å². The zero-order valence-electron chi connectivity index (χ0n) is 12.8. The van der Waals surface area contributed by atoms with Crippen LogP contribution in [-0.4, -0.2) is 13.3 Å². The van der Waals surface area contributed by atoms with Crippen molar-refractivity contribution in [2.24, 2.45) is 4.99 Å². The normalized spacial score (nSPS) is 9.89. The summed E-state index contributed by atoms with van der Waals surface area (Å²) < 4.78 is 4.89. The molecule has 0 aromatic heterocycles. The van der Waals surface area contributed by atoms with E-state index in [1.165, 1.54) is 6.42 Å². The number of hydrogen-bond donors (Lipinski definition) is 0. The lowest BCUT2D eigenvalue weighted by molar-refractivity contribution is 0.309. The molecular formula is C17H27NO. The van der Waals surface area contributed by atoms with Crippen molar-refractivity contribution in [2.75, 3.05) is 7.11 Å². The molecule has 19 heavy (non-hydrogen) atoms. The van der Waals surface area contributed by atoms with Gasteiger partial charge >= 0.3 is 0 Å². The molecule has 0 aliphatic carbocycles. The van der Waals surface area contributed by atoms with Gasteiger partial charge < -0.3 is 4.74 Å². The summed E-state index contributed by atoms with van der Waals surface area (Å²) in [5.74, 6) is 0.566. The van der Waals surface area contributed by atoms with Crippen LogP contribution in [-0.2, 0) is 4.74 Å². The van der Waals surface area contributed by atoms with Crippen molar-refractivity contribution in [1.82, 2.24) is 0 Å². The van der Waals surface area contributed by atoms with Crippen LogP contribution < -0.4 is 0 Å². The number of methoxy groups -OCH3 is 1. The summed E-state index contributed by atoms with van der Waals surface area (Å²) in [6, 6.07) is 0. The van der Waals surface area contributed by atoms with Crippen molar-refractivity contribution < 1.29 is 4.74 Å². The van der Waals surface area contributed by atoms with Crippen molar-refractivity contribution in [3.8, 4) is 0 Å². The molecule has 0 spiro atoms. The van der Waals surface area contributed by atoms with Crippen LogP contribution >= 0.6 is 0 Å². The predicted molar refractivity (Wildman–Crippen MR) is 87.5 cm³/mol. The Labute approximate surface area is 118 Å². The number of aliphatic imine (C=N–C) groups is 1. The van der Waals surface area contributed by atoms with Crippen LogP contribution in [0.15, 0.2) is 66.1 Å². The van der Waals surface area contributed by atoms with E-state index in [2.05, 4.69) is 45.2 Å². The number of ether oxygens (including phenoxy) is 1. The Morgan fingerprint density at radius 2 is 1.58 bits per heavy atom. The van der Waals surface area contributed by atoms with Gasteiger partial charge in [-0.2, -0.15) is 0 Å². The third-order valence-electron chi connectivity index (χ3n) is 1.96. The highest BCUT2D eigenvalue weighted by molar-refractivity contribution is 5.78. The average molecular weight is 261 g/mol. The standard InChI is InChI=1S/C14H19NO.C3H8/c1-7-11(2)10-15-14(5)12(3)8-9-13(4)16-6;1-3-2/h8-10H,2-5,7H2,1,6H3;3H2,1-2H3/b9-8-,15-10?;. The molecule has 0 rings (SSSR count). The summed E-state index contributed by atoms with van der Waals surface area (Å²) in [5, 5.41) is 0. The highest BCUT2D eigenvalue weighted by Crippen LogP contribution is 2.10. The Bertz CT molecular complexity index is 337. The second kappa shape index (κ2) is 12.6. The van der Waals surface area contributed by atoms with Gasteiger partial charge in [0.2, 0.25) is 0 Å². The fraction of sp³-hybridized carbons (Fsp3) is 0.353. The molecule has 0 saturated heterocycles. The molecule has 0 aromatic rings. The van der Waals surface area contributed by atoms with E-state index in [9.17, 15) is 0 Å². The Morgan fingerprint density at radius 1 is 1.05 bits per heavy atom. The molecule has 0 saturated carbocycles. The molecule has 0 heterocycles. The monoisotopic (exact) mass is 261 g/mol. The highest BCUT2D eigenvalue weighted by Gasteiger charge is 1.93. The Hall–Kier alpha value is -1.83. The minimum Gasteiger partial charge on any atom is -0.497 e.